The van der Waals surface area contributed by atoms with Gasteiger partial charge in [-0.3, -0.25) is 0 Å². The summed E-state index contributed by atoms with van der Waals surface area (Å²) in [7, 11) is 1.66. The number of nitrogens with two attached hydrogens (primary N) is 1. The predicted octanol–water partition coefficient (Wildman–Crippen LogP) is 0.124. The predicted molar refractivity (Wildman–Crippen MR) is 76.1 cm³/mol. The lowest BCUT2D eigenvalue weighted by Crippen LogP contribution is -2.40. The van der Waals surface area contributed by atoms with Crippen molar-refractivity contribution in [1.29, 1.82) is 0 Å². The van der Waals surface area contributed by atoms with E-state index in [1.54, 1.807) is 7.11 Å². The van der Waals surface area contributed by atoms with Gasteiger partial charge in [-0.05, 0) is 25.9 Å². The summed E-state index contributed by atoms with van der Waals surface area (Å²) in [6.45, 7) is 6.02. The van der Waals surface area contributed by atoms with Crippen molar-refractivity contribution in [3.05, 3.63) is 0 Å². The molecule has 3 N–H and O–H groups in total. The summed E-state index contributed by atoms with van der Waals surface area (Å²) >= 11 is 0. The molecule has 0 bridgehead atoms. The maximum absolute atomic E-state index is 8.64. The van der Waals surface area contributed by atoms with E-state index in [0.29, 0.717) is 38.9 Å². The Morgan fingerprint density at radius 3 is 2.35 bits per heavy atom. The lowest BCUT2D eigenvalue weighted by Gasteiger charge is -2.31. The van der Waals surface area contributed by atoms with Crippen LogP contribution in [0.5, 0.6) is 0 Å². The number of rotatable bonds is 10. The van der Waals surface area contributed by atoms with Crippen LogP contribution < -0.4 is 5.73 Å². The van der Waals surface area contributed by atoms with Crippen molar-refractivity contribution in [3.8, 4) is 0 Å². The standard InChI is InChI=1S/C13H27N3O4/c1-18-8-9-20-11-10-19-7-6-16-4-2-12(3-5-16)13(14)15-17/h12,17H,2-11H2,1H3,(H2,14,15). The van der Waals surface area contributed by atoms with Gasteiger partial charge in [-0.2, -0.15) is 0 Å². The summed E-state index contributed by atoms with van der Waals surface area (Å²) in [4.78, 5) is 2.34. The van der Waals surface area contributed by atoms with Gasteiger partial charge in [0.1, 0.15) is 5.84 Å². The number of ether oxygens (including phenoxy) is 3. The van der Waals surface area contributed by atoms with Crippen LogP contribution in [-0.4, -0.2) is 75.7 Å². The molecular formula is C13H27N3O4. The zero-order valence-electron chi connectivity index (χ0n) is 12.3. The first-order valence-electron chi connectivity index (χ1n) is 7.12. The van der Waals surface area contributed by atoms with E-state index >= 15 is 0 Å². The molecule has 0 aromatic carbocycles. The van der Waals surface area contributed by atoms with Crippen molar-refractivity contribution >= 4 is 5.84 Å². The third-order valence-corrected chi connectivity index (χ3v) is 3.48. The number of piperidine rings is 1. The number of amidine groups is 1. The molecule has 0 radical (unpaired) electrons. The van der Waals surface area contributed by atoms with Gasteiger partial charge in [-0.1, -0.05) is 5.16 Å². The van der Waals surface area contributed by atoms with Gasteiger partial charge in [0, 0.05) is 19.6 Å². The fourth-order valence-electron chi connectivity index (χ4n) is 2.19. The molecule has 118 valence electrons. The lowest BCUT2D eigenvalue weighted by molar-refractivity contribution is 0.0179. The van der Waals surface area contributed by atoms with Gasteiger partial charge < -0.3 is 30.1 Å². The van der Waals surface area contributed by atoms with E-state index in [1.807, 2.05) is 0 Å². The SMILES string of the molecule is COCCOCCOCCN1CCC(C(N)=NO)CC1. The Morgan fingerprint density at radius 2 is 1.75 bits per heavy atom. The fraction of sp³-hybridized carbons (Fsp3) is 0.923. The zero-order valence-corrected chi connectivity index (χ0v) is 12.3. The highest BCUT2D eigenvalue weighted by molar-refractivity contribution is 5.82. The Hall–Kier alpha value is -0.890. The van der Waals surface area contributed by atoms with Gasteiger partial charge >= 0.3 is 0 Å². The van der Waals surface area contributed by atoms with Crippen molar-refractivity contribution in [2.45, 2.75) is 12.8 Å². The molecule has 0 aliphatic carbocycles. The molecule has 7 nitrogen and oxygen atoms in total. The van der Waals surface area contributed by atoms with Gasteiger partial charge in [-0.15, -0.1) is 0 Å². The third-order valence-electron chi connectivity index (χ3n) is 3.48. The highest BCUT2D eigenvalue weighted by atomic mass is 16.5. The number of likely N-dealkylation sites (tertiary alicyclic amines) is 1. The molecule has 1 rings (SSSR count). The zero-order chi connectivity index (χ0) is 14.6. The first-order chi connectivity index (χ1) is 9.77. The van der Waals surface area contributed by atoms with Crippen LogP contribution in [0.15, 0.2) is 5.16 Å². The minimum absolute atomic E-state index is 0.214. The lowest BCUT2D eigenvalue weighted by atomic mass is 9.96. The molecular weight excluding hydrogens is 262 g/mol. The van der Waals surface area contributed by atoms with Crippen LogP contribution in [0.1, 0.15) is 12.8 Å². The summed E-state index contributed by atoms with van der Waals surface area (Å²) in [6.07, 6.45) is 1.88. The molecule has 1 heterocycles. The molecule has 7 heteroatoms. The summed E-state index contributed by atoms with van der Waals surface area (Å²) in [5.74, 6) is 0.570. The van der Waals surface area contributed by atoms with Crippen molar-refractivity contribution in [2.75, 3.05) is 59.8 Å². The molecule has 0 amide bonds. The van der Waals surface area contributed by atoms with Crippen LogP contribution >= 0.6 is 0 Å². The second-order valence-electron chi connectivity index (χ2n) is 4.86. The molecule has 0 aromatic heterocycles. The molecule has 0 aromatic rings. The molecule has 1 fully saturated rings. The van der Waals surface area contributed by atoms with Crippen molar-refractivity contribution in [1.82, 2.24) is 4.90 Å². The fourth-order valence-corrected chi connectivity index (χ4v) is 2.19. The third kappa shape index (κ3) is 7.04. The van der Waals surface area contributed by atoms with Crippen LogP contribution in [-0.2, 0) is 14.2 Å². The molecule has 20 heavy (non-hydrogen) atoms. The number of methoxy groups -OCH3 is 1. The smallest absolute Gasteiger partial charge is 0.142 e. The number of hydrogen-bond donors (Lipinski definition) is 2. The highest BCUT2D eigenvalue weighted by Crippen LogP contribution is 2.16. The van der Waals surface area contributed by atoms with Crippen LogP contribution in [0.4, 0.5) is 0 Å². The van der Waals surface area contributed by atoms with E-state index in [9.17, 15) is 0 Å². The van der Waals surface area contributed by atoms with Crippen LogP contribution in [0.3, 0.4) is 0 Å². The van der Waals surface area contributed by atoms with E-state index in [-0.39, 0.29) is 5.92 Å². The van der Waals surface area contributed by atoms with E-state index in [0.717, 1.165) is 32.5 Å². The van der Waals surface area contributed by atoms with Gasteiger partial charge in [0.05, 0.1) is 33.0 Å². The average Bonchev–Trinajstić information content (AvgIpc) is 2.50. The number of nitrogens with zero attached hydrogens (tertiary/aromatic N) is 2. The molecule has 0 spiro atoms. The van der Waals surface area contributed by atoms with E-state index in [2.05, 4.69) is 10.1 Å². The maximum atomic E-state index is 8.64. The Kier molecular flexibility index (Phi) is 9.31. The summed E-state index contributed by atoms with van der Waals surface area (Å²) in [5, 5.41) is 11.7. The first kappa shape index (κ1) is 17.2. The highest BCUT2D eigenvalue weighted by Gasteiger charge is 2.21. The average molecular weight is 289 g/mol. The van der Waals surface area contributed by atoms with Gasteiger partial charge in [-0.25, -0.2) is 0 Å². The maximum Gasteiger partial charge on any atom is 0.142 e. The minimum atomic E-state index is 0.214. The topological polar surface area (TPSA) is 89.5 Å². The van der Waals surface area contributed by atoms with Gasteiger partial charge in [0.2, 0.25) is 0 Å². The molecule has 0 unspecified atom stereocenters. The summed E-state index contributed by atoms with van der Waals surface area (Å²) in [6, 6.07) is 0. The Balaban J connectivity index is 1.94. The number of hydrogen-bond acceptors (Lipinski definition) is 6. The van der Waals surface area contributed by atoms with E-state index < -0.39 is 0 Å². The van der Waals surface area contributed by atoms with Gasteiger partial charge in [0.25, 0.3) is 0 Å². The molecule has 0 saturated carbocycles. The second-order valence-corrected chi connectivity index (χ2v) is 4.86. The Bertz CT molecular complexity index is 268. The summed E-state index contributed by atoms with van der Waals surface area (Å²) in [5.41, 5.74) is 5.62. The largest absolute Gasteiger partial charge is 0.409 e. The van der Waals surface area contributed by atoms with E-state index in [1.165, 1.54) is 0 Å². The molecule has 1 aliphatic rings. The Labute approximate surface area is 120 Å². The molecule has 1 saturated heterocycles. The normalized spacial score (nSPS) is 18.6. The van der Waals surface area contributed by atoms with Crippen LogP contribution in [0.2, 0.25) is 0 Å². The van der Waals surface area contributed by atoms with Crippen molar-refractivity contribution in [2.24, 2.45) is 16.8 Å². The summed E-state index contributed by atoms with van der Waals surface area (Å²) < 4.78 is 15.7. The van der Waals surface area contributed by atoms with Gasteiger partial charge in [0.15, 0.2) is 0 Å². The van der Waals surface area contributed by atoms with Crippen molar-refractivity contribution in [3.63, 3.8) is 0 Å². The minimum Gasteiger partial charge on any atom is -0.409 e. The van der Waals surface area contributed by atoms with Crippen LogP contribution in [0, 0.1) is 5.92 Å². The first-order valence-corrected chi connectivity index (χ1v) is 7.12. The monoisotopic (exact) mass is 289 g/mol. The van der Waals surface area contributed by atoms with E-state index in [4.69, 9.17) is 25.2 Å². The molecule has 1 aliphatic heterocycles. The quantitative estimate of drug-likeness (QED) is 0.195. The Morgan fingerprint density at radius 1 is 1.15 bits per heavy atom. The van der Waals surface area contributed by atoms with Crippen molar-refractivity contribution < 1.29 is 19.4 Å². The molecule has 0 atom stereocenters. The van der Waals surface area contributed by atoms with Crippen LogP contribution in [0.25, 0.3) is 0 Å². The second kappa shape index (κ2) is 10.8. The number of oxime groups is 1.